The summed E-state index contributed by atoms with van der Waals surface area (Å²) in [6.07, 6.45) is 0. The van der Waals surface area contributed by atoms with Crippen LogP contribution in [0, 0.1) is 15.9 Å². The Morgan fingerprint density at radius 2 is 1.96 bits per heavy atom. The van der Waals surface area contributed by atoms with Gasteiger partial charge in [-0.3, -0.25) is 14.9 Å². The highest BCUT2D eigenvalue weighted by Gasteiger charge is 2.30. The lowest BCUT2D eigenvalue weighted by Gasteiger charge is -2.41. The molecule has 2 aromatic carbocycles. The SMILES string of the molecule is CC1CN(c2ccc([N+](=O)[O-])cc2F)CCN1C(=O)c1ccc(Cl)cc1Cl. The summed E-state index contributed by atoms with van der Waals surface area (Å²) < 4.78 is 14.3. The molecule has 27 heavy (non-hydrogen) atoms. The Balaban J connectivity index is 1.76. The number of nitro groups is 1. The van der Waals surface area contributed by atoms with E-state index in [2.05, 4.69) is 0 Å². The topological polar surface area (TPSA) is 66.7 Å². The maximum atomic E-state index is 14.3. The molecular formula is C18H16Cl2FN3O3. The Morgan fingerprint density at radius 1 is 1.22 bits per heavy atom. The first kappa shape index (κ1) is 19.4. The summed E-state index contributed by atoms with van der Waals surface area (Å²) in [6, 6.07) is 8.08. The normalized spacial score (nSPS) is 17.1. The molecule has 1 heterocycles. The Bertz CT molecular complexity index is 909. The van der Waals surface area contributed by atoms with Crippen LogP contribution in [-0.4, -0.2) is 41.4 Å². The molecule has 0 aromatic heterocycles. The van der Waals surface area contributed by atoms with E-state index in [0.29, 0.717) is 30.2 Å². The quantitative estimate of drug-likeness (QED) is 0.554. The minimum absolute atomic E-state index is 0.201. The summed E-state index contributed by atoms with van der Waals surface area (Å²) in [4.78, 5) is 26.4. The molecule has 0 radical (unpaired) electrons. The van der Waals surface area contributed by atoms with E-state index < -0.39 is 10.7 Å². The second-order valence-electron chi connectivity index (χ2n) is 6.31. The van der Waals surface area contributed by atoms with E-state index in [1.807, 2.05) is 6.92 Å². The van der Waals surface area contributed by atoms with E-state index in [0.717, 1.165) is 6.07 Å². The summed E-state index contributed by atoms with van der Waals surface area (Å²) in [5.41, 5.74) is 0.349. The van der Waals surface area contributed by atoms with Crippen LogP contribution in [0.2, 0.25) is 10.0 Å². The van der Waals surface area contributed by atoms with Gasteiger partial charge < -0.3 is 9.80 Å². The first-order valence-electron chi connectivity index (χ1n) is 8.23. The number of hydrogen-bond donors (Lipinski definition) is 0. The molecular weight excluding hydrogens is 396 g/mol. The maximum absolute atomic E-state index is 14.3. The molecule has 142 valence electrons. The van der Waals surface area contributed by atoms with Gasteiger partial charge in [-0.25, -0.2) is 4.39 Å². The van der Waals surface area contributed by atoms with E-state index in [4.69, 9.17) is 23.2 Å². The van der Waals surface area contributed by atoms with Gasteiger partial charge in [0.15, 0.2) is 5.82 Å². The van der Waals surface area contributed by atoms with Crippen molar-refractivity contribution < 1.29 is 14.1 Å². The zero-order valence-electron chi connectivity index (χ0n) is 14.4. The molecule has 1 aliphatic heterocycles. The van der Waals surface area contributed by atoms with Crippen molar-refractivity contribution >= 4 is 40.5 Å². The van der Waals surface area contributed by atoms with Crippen molar-refractivity contribution in [1.82, 2.24) is 4.90 Å². The molecule has 1 fully saturated rings. The molecule has 0 N–H and O–H groups in total. The average Bonchev–Trinajstić information content (AvgIpc) is 2.61. The van der Waals surface area contributed by atoms with E-state index in [9.17, 15) is 19.3 Å². The number of carbonyl (C=O) groups excluding carboxylic acids is 1. The molecule has 3 rings (SSSR count). The van der Waals surface area contributed by atoms with Gasteiger partial charge in [0.2, 0.25) is 0 Å². The molecule has 1 saturated heterocycles. The molecule has 9 heteroatoms. The number of halogens is 3. The average molecular weight is 412 g/mol. The molecule has 1 unspecified atom stereocenters. The highest BCUT2D eigenvalue weighted by Crippen LogP contribution is 2.28. The molecule has 1 aliphatic rings. The van der Waals surface area contributed by atoms with Gasteiger partial charge in [-0.2, -0.15) is 0 Å². The van der Waals surface area contributed by atoms with Crippen LogP contribution in [0.15, 0.2) is 36.4 Å². The van der Waals surface area contributed by atoms with Crippen molar-refractivity contribution in [2.45, 2.75) is 13.0 Å². The molecule has 1 atom stereocenters. The third-order valence-corrected chi connectivity index (χ3v) is 5.08. The number of nitro benzene ring substituents is 1. The lowest BCUT2D eigenvalue weighted by Crippen LogP contribution is -2.54. The van der Waals surface area contributed by atoms with Crippen LogP contribution in [0.4, 0.5) is 15.8 Å². The van der Waals surface area contributed by atoms with Crippen LogP contribution < -0.4 is 4.90 Å². The molecule has 0 spiro atoms. The minimum Gasteiger partial charge on any atom is -0.365 e. The standard InChI is InChI=1S/C18H16Cl2FN3O3/c1-11-10-22(17-5-3-13(24(26)27)9-16(17)21)6-7-23(11)18(25)14-4-2-12(19)8-15(14)20/h2-5,8-9,11H,6-7,10H2,1H3. The van der Waals surface area contributed by atoms with Crippen LogP contribution in [0.3, 0.4) is 0 Å². The van der Waals surface area contributed by atoms with Crippen molar-refractivity contribution in [1.29, 1.82) is 0 Å². The van der Waals surface area contributed by atoms with Gasteiger partial charge in [0.1, 0.15) is 0 Å². The van der Waals surface area contributed by atoms with Crippen molar-refractivity contribution in [3.05, 3.63) is 67.9 Å². The highest BCUT2D eigenvalue weighted by molar-refractivity contribution is 6.36. The summed E-state index contributed by atoms with van der Waals surface area (Å²) >= 11 is 12.0. The smallest absolute Gasteiger partial charge is 0.272 e. The summed E-state index contributed by atoms with van der Waals surface area (Å²) in [5, 5.41) is 11.5. The second kappa shape index (κ2) is 7.70. The van der Waals surface area contributed by atoms with E-state index in [1.165, 1.54) is 18.2 Å². The Kier molecular flexibility index (Phi) is 5.53. The number of hydrogen-bond acceptors (Lipinski definition) is 4. The van der Waals surface area contributed by atoms with Gasteiger partial charge in [-0.05, 0) is 31.2 Å². The zero-order chi connectivity index (χ0) is 19.7. The number of amides is 1. The predicted octanol–water partition coefficient (Wildman–Crippen LogP) is 4.39. The van der Waals surface area contributed by atoms with Crippen LogP contribution in [0.25, 0.3) is 0 Å². The molecule has 0 aliphatic carbocycles. The maximum Gasteiger partial charge on any atom is 0.272 e. The molecule has 0 saturated carbocycles. The van der Waals surface area contributed by atoms with Crippen LogP contribution in [0.1, 0.15) is 17.3 Å². The van der Waals surface area contributed by atoms with E-state index >= 15 is 0 Å². The first-order chi connectivity index (χ1) is 12.8. The number of piperazine rings is 1. The molecule has 6 nitrogen and oxygen atoms in total. The van der Waals surface area contributed by atoms with E-state index in [-0.39, 0.29) is 28.3 Å². The van der Waals surface area contributed by atoms with Crippen LogP contribution in [0.5, 0.6) is 0 Å². The number of benzene rings is 2. The number of non-ortho nitro benzene ring substituents is 1. The van der Waals surface area contributed by atoms with Crippen molar-refractivity contribution in [3.8, 4) is 0 Å². The zero-order valence-corrected chi connectivity index (χ0v) is 15.9. The van der Waals surface area contributed by atoms with Gasteiger partial charge in [-0.1, -0.05) is 23.2 Å². The third kappa shape index (κ3) is 3.99. The van der Waals surface area contributed by atoms with Crippen LogP contribution >= 0.6 is 23.2 Å². The summed E-state index contributed by atoms with van der Waals surface area (Å²) in [6.45, 7) is 3.02. The van der Waals surface area contributed by atoms with Crippen molar-refractivity contribution in [3.63, 3.8) is 0 Å². The predicted molar refractivity (Wildman–Crippen MR) is 102 cm³/mol. The summed E-state index contributed by atoms with van der Waals surface area (Å²) in [5.74, 6) is -0.870. The van der Waals surface area contributed by atoms with Crippen LogP contribution in [-0.2, 0) is 0 Å². The number of rotatable bonds is 3. The Labute approximate surface area is 165 Å². The molecule has 2 aromatic rings. The van der Waals surface area contributed by atoms with Gasteiger partial charge >= 0.3 is 0 Å². The van der Waals surface area contributed by atoms with E-state index in [1.54, 1.807) is 21.9 Å². The largest absolute Gasteiger partial charge is 0.365 e. The molecule has 0 bridgehead atoms. The summed E-state index contributed by atoms with van der Waals surface area (Å²) in [7, 11) is 0. The first-order valence-corrected chi connectivity index (χ1v) is 8.98. The second-order valence-corrected chi connectivity index (χ2v) is 7.15. The lowest BCUT2D eigenvalue weighted by atomic mass is 10.1. The number of nitrogens with zero attached hydrogens (tertiary/aromatic N) is 3. The monoisotopic (exact) mass is 411 g/mol. The fraction of sp³-hybridized carbons (Fsp3) is 0.278. The molecule has 1 amide bonds. The fourth-order valence-corrected chi connectivity index (χ4v) is 3.65. The van der Waals surface area contributed by atoms with Crippen molar-refractivity contribution in [2.24, 2.45) is 0 Å². The highest BCUT2D eigenvalue weighted by atomic mass is 35.5. The third-order valence-electron chi connectivity index (χ3n) is 4.53. The van der Waals surface area contributed by atoms with Gasteiger partial charge in [-0.15, -0.1) is 0 Å². The lowest BCUT2D eigenvalue weighted by molar-refractivity contribution is -0.385. The van der Waals surface area contributed by atoms with Crippen molar-refractivity contribution in [2.75, 3.05) is 24.5 Å². The van der Waals surface area contributed by atoms with Gasteiger partial charge in [0.25, 0.3) is 11.6 Å². The Hall–Kier alpha value is -2.38. The minimum atomic E-state index is -0.656. The number of carbonyl (C=O) groups is 1. The number of anilines is 1. The van der Waals surface area contributed by atoms with Gasteiger partial charge in [0, 0.05) is 36.8 Å². The van der Waals surface area contributed by atoms with Gasteiger partial charge in [0.05, 0.1) is 27.3 Å². The Morgan fingerprint density at radius 3 is 2.56 bits per heavy atom. The fourth-order valence-electron chi connectivity index (χ4n) is 3.16.